The lowest BCUT2D eigenvalue weighted by Crippen LogP contribution is -2.29. The van der Waals surface area contributed by atoms with Gasteiger partial charge in [-0.25, -0.2) is 9.78 Å². The molecule has 0 atom stereocenters. The number of carboxylic acid groups (broad SMARTS) is 1. The van der Waals surface area contributed by atoms with Crippen LogP contribution in [0.5, 0.6) is 0 Å². The van der Waals surface area contributed by atoms with E-state index >= 15 is 0 Å². The van der Waals surface area contributed by atoms with E-state index in [1.807, 2.05) is 6.92 Å². The van der Waals surface area contributed by atoms with Gasteiger partial charge in [0.1, 0.15) is 4.88 Å². The zero-order chi connectivity index (χ0) is 15.8. The first-order valence-electron chi connectivity index (χ1n) is 7.77. The predicted octanol–water partition coefficient (Wildman–Crippen LogP) is 2.96. The smallest absolute Gasteiger partial charge is 0.347 e. The topological polar surface area (TPSA) is 56.7 Å². The van der Waals surface area contributed by atoms with Gasteiger partial charge in [-0.05, 0) is 39.4 Å². The van der Waals surface area contributed by atoms with E-state index in [0.29, 0.717) is 17.0 Å². The van der Waals surface area contributed by atoms with E-state index in [1.165, 1.54) is 11.3 Å². The highest BCUT2D eigenvalue weighted by molar-refractivity contribution is 7.17. The molecule has 0 radical (unpaired) electrons. The molecule has 21 heavy (non-hydrogen) atoms. The summed E-state index contributed by atoms with van der Waals surface area (Å²) in [5.41, 5.74) is 0.699. The number of thiazole rings is 1. The lowest BCUT2D eigenvalue weighted by molar-refractivity contribution is 0.0701. The molecule has 1 N–H and O–H groups in total. The Hall–Kier alpha value is -1.14. The second-order valence-corrected chi connectivity index (χ2v) is 5.87. The number of nitrogens with zero attached hydrogens (tertiary/aromatic N) is 3. The molecule has 0 fully saturated rings. The van der Waals surface area contributed by atoms with Crippen molar-refractivity contribution in [3.63, 3.8) is 0 Å². The number of hydrogen-bond acceptors (Lipinski definition) is 5. The maximum Gasteiger partial charge on any atom is 0.347 e. The molecule has 0 amide bonds. The summed E-state index contributed by atoms with van der Waals surface area (Å²) in [5, 5.41) is 10.1. The predicted molar refractivity (Wildman–Crippen MR) is 88.7 cm³/mol. The highest BCUT2D eigenvalue weighted by Gasteiger charge is 2.18. The highest BCUT2D eigenvalue weighted by atomic mass is 32.1. The van der Waals surface area contributed by atoms with E-state index < -0.39 is 5.97 Å². The van der Waals surface area contributed by atoms with Crippen molar-refractivity contribution in [3.05, 3.63) is 10.6 Å². The van der Waals surface area contributed by atoms with E-state index in [9.17, 15) is 9.90 Å². The number of aromatic carboxylic acids is 1. The van der Waals surface area contributed by atoms with Gasteiger partial charge in [0.2, 0.25) is 0 Å². The fraction of sp³-hybridized carbons (Fsp3) is 0.733. The van der Waals surface area contributed by atoms with E-state index in [4.69, 9.17) is 0 Å². The molecule has 0 saturated heterocycles. The Bertz CT molecular complexity index is 444. The number of aryl methyl sites for hydroxylation is 1. The molecule has 1 aromatic heterocycles. The van der Waals surface area contributed by atoms with E-state index in [2.05, 4.69) is 35.6 Å². The summed E-state index contributed by atoms with van der Waals surface area (Å²) in [4.78, 5) is 20.7. The lowest BCUT2D eigenvalue weighted by Gasteiger charge is -2.23. The lowest BCUT2D eigenvalue weighted by atomic mass is 10.3. The largest absolute Gasteiger partial charge is 0.477 e. The number of carbonyl (C=O) groups is 1. The summed E-state index contributed by atoms with van der Waals surface area (Å²) in [6, 6.07) is 0. The van der Waals surface area contributed by atoms with Gasteiger partial charge in [-0.3, -0.25) is 0 Å². The molecule has 1 aromatic rings. The van der Waals surface area contributed by atoms with Crippen molar-refractivity contribution in [2.24, 2.45) is 0 Å². The fourth-order valence-corrected chi connectivity index (χ4v) is 3.38. The van der Waals surface area contributed by atoms with Crippen LogP contribution in [0.1, 0.15) is 49.5 Å². The summed E-state index contributed by atoms with van der Waals surface area (Å²) in [5.74, 6) is -0.866. The second-order valence-electron chi connectivity index (χ2n) is 4.89. The van der Waals surface area contributed by atoms with Crippen LogP contribution in [0.4, 0.5) is 5.13 Å². The molecule has 0 unspecified atom stereocenters. The number of anilines is 1. The van der Waals surface area contributed by atoms with Gasteiger partial charge in [0, 0.05) is 13.1 Å². The number of rotatable bonds is 10. The Morgan fingerprint density at radius 2 is 1.81 bits per heavy atom. The molecule has 5 nitrogen and oxygen atoms in total. The molecule has 120 valence electrons. The van der Waals surface area contributed by atoms with Crippen LogP contribution >= 0.6 is 11.3 Å². The first-order valence-corrected chi connectivity index (χ1v) is 8.59. The van der Waals surface area contributed by atoms with Crippen LogP contribution in [0.25, 0.3) is 0 Å². The molecular weight excluding hydrogens is 286 g/mol. The van der Waals surface area contributed by atoms with Crippen LogP contribution in [0.3, 0.4) is 0 Å². The first kappa shape index (κ1) is 17.9. The van der Waals surface area contributed by atoms with Crippen molar-refractivity contribution < 1.29 is 9.90 Å². The molecule has 0 spiro atoms. The summed E-state index contributed by atoms with van der Waals surface area (Å²) in [7, 11) is 0. The first-order chi connectivity index (χ1) is 10.1. The van der Waals surface area contributed by atoms with Crippen molar-refractivity contribution >= 4 is 22.4 Å². The summed E-state index contributed by atoms with van der Waals surface area (Å²) >= 11 is 1.30. The normalized spacial score (nSPS) is 11.1. The highest BCUT2D eigenvalue weighted by Crippen LogP contribution is 2.27. The third-order valence-corrected chi connectivity index (χ3v) is 4.81. The maximum absolute atomic E-state index is 11.2. The monoisotopic (exact) mass is 313 g/mol. The van der Waals surface area contributed by atoms with Gasteiger partial charge in [-0.15, -0.1) is 0 Å². The molecule has 0 aliphatic carbocycles. The number of hydrogen-bond donors (Lipinski definition) is 1. The Balaban J connectivity index is 2.69. The van der Waals surface area contributed by atoms with Crippen LogP contribution in [0.15, 0.2) is 0 Å². The zero-order valence-electron chi connectivity index (χ0n) is 13.6. The average molecular weight is 313 g/mol. The Labute approximate surface area is 131 Å². The van der Waals surface area contributed by atoms with Crippen LogP contribution in [-0.2, 0) is 6.42 Å². The van der Waals surface area contributed by atoms with Gasteiger partial charge in [-0.2, -0.15) is 0 Å². The van der Waals surface area contributed by atoms with Crippen molar-refractivity contribution in [2.75, 3.05) is 37.6 Å². The summed E-state index contributed by atoms with van der Waals surface area (Å²) < 4.78 is 0. The number of aromatic nitrogens is 1. The summed E-state index contributed by atoms with van der Waals surface area (Å²) in [6.45, 7) is 13.4. The second kappa shape index (κ2) is 9.00. The molecule has 0 aliphatic rings. The van der Waals surface area contributed by atoms with Crippen LogP contribution < -0.4 is 4.90 Å². The SMILES string of the molecule is CCc1nc(N(CC)CCCN(CC)CC)sc1C(=O)O. The molecular formula is C15H27N3O2S. The third kappa shape index (κ3) is 4.97. The Morgan fingerprint density at radius 1 is 1.14 bits per heavy atom. The minimum Gasteiger partial charge on any atom is -0.477 e. The van der Waals surface area contributed by atoms with E-state index in [1.54, 1.807) is 0 Å². The molecule has 6 heteroatoms. The van der Waals surface area contributed by atoms with Crippen molar-refractivity contribution in [2.45, 2.75) is 40.5 Å². The Kier molecular flexibility index (Phi) is 7.67. The summed E-state index contributed by atoms with van der Waals surface area (Å²) in [6.07, 6.45) is 1.73. The van der Waals surface area contributed by atoms with Gasteiger partial charge in [0.25, 0.3) is 0 Å². The molecule has 0 aliphatic heterocycles. The standard InChI is InChI=1S/C15H27N3O2S/c1-5-12-13(14(19)20)21-15(16-12)18(8-4)11-9-10-17(6-2)7-3/h5-11H2,1-4H3,(H,19,20). The van der Waals surface area contributed by atoms with Gasteiger partial charge in [-0.1, -0.05) is 32.1 Å². The quantitative estimate of drug-likeness (QED) is 0.719. The maximum atomic E-state index is 11.2. The van der Waals surface area contributed by atoms with Crippen LogP contribution in [0, 0.1) is 0 Å². The minimum absolute atomic E-state index is 0.384. The van der Waals surface area contributed by atoms with Gasteiger partial charge >= 0.3 is 5.97 Å². The minimum atomic E-state index is -0.866. The zero-order valence-corrected chi connectivity index (χ0v) is 14.4. The molecule has 1 heterocycles. The van der Waals surface area contributed by atoms with Gasteiger partial charge in [0.15, 0.2) is 5.13 Å². The molecule has 0 saturated carbocycles. The molecule has 0 bridgehead atoms. The van der Waals surface area contributed by atoms with Gasteiger partial charge < -0.3 is 14.9 Å². The van der Waals surface area contributed by atoms with Gasteiger partial charge in [0.05, 0.1) is 5.69 Å². The fourth-order valence-electron chi connectivity index (χ4n) is 2.30. The Morgan fingerprint density at radius 3 is 2.24 bits per heavy atom. The average Bonchev–Trinajstić information content (AvgIpc) is 2.92. The number of carboxylic acids is 1. The van der Waals surface area contributed by atoms with Crippen molar-refractivity contribution in [1.82, 2.24) is 9.88 Å². The van der Waals surface area contributed by atoms with Crippen LogP contribution in [0.2, 0.25) is 0 Å². The molecule has 1 rings (SSSR count). The molecule has 0 aromatic carbocycles. The van der Waals surface area contributed by atoms with E-state index in [-0.39, 0.29) is 0 Å². The van der Waals surface area contributed by atoms with E-state index in [0.717, 1.165) is 44.3 Å². The van der Waals surface area contributed by atoms with Crippen LogP contribution in [-0.4, -0.2) is 53.7 Å². The third-order valence-electron chi connectivity index (χ3n) is 3.66. The van der Waals surface area contributed by atoms with Crippen molar-refractivity contribution in [1.29, 1.82) is 0 Å². The van der Waals surface area contributed by atoms with Crippen molar-refractivity contribution in [3.8, 4) is 0 Å².